The first-order valence-corrected chi connectivity index (χ1v) is 11.0. The molecule has 3 rings (SSSR count). The second-order valence-electron chi connectivity index (χ2n) is 6.10. The quantitative estimate of drug-likeness (QED) is 0.452. The molecule has 0 aliphatic heterocycles. The maximum atomic E-state index is 11.9. The highest BCUT2D eigenvalue weighted by Crippen LogP contribution is 2.29. The minimum atomic E-state index is -3.71. The van der Waals surface area contributed by atoms with Gasteiger partial charge in [0.25, 0.3) is 5.69 Å². The van der Waals surface area contributed by atoms with Gasteiger partial charge in [0.05, 0.1) is 12.0 Å². The van der Waals surface area contributed by atoms with E-state index in [4.69, 9.17) is 4.74 Å². The van der Waals surface area contributed by atoms with Gasteiger partial charge in [0.2, 0.25) is 0 Å². The van der Waals surface area contributed by atoms with Crippen LogP contribution in [0.4, 0.5) is 11.4 Å². The lowest BCUT2D eigenvalue weighted by Gasteiger charge is -2.07. The van der Waals surface area contributed by atoms with Crippen molar-refractivity contribution >= 4 is 32.5 Å². The summed E-state index contributed by atoms with van der Waals surface area (Å²) in [6, 6.07) is 13.8. The summed E-state index contributed by atoms with van der Waals surface area (Å²) in [6.45, 7) is 0.474. The van der Waals surface area contributed by atoms with Gasteiger partial charge in [0.15, 0.2) is 9.84 Å². The summed E-state index contributed by atoms with van der Waals surface area (Å²) >= 11 is 1.57. The second-order valence-corrected chi connectivity index (χ2v) is 9.08. The number of hydrogen-bond acceptors (Lipinski definition) is 7. The molecule has 0 saturated carbocycles. The number of benzene rings is 2. The molecule has 0 spiro atoms. The van der Waals surface area contributed by atoms with Gasteiger partial charge >= 0.3 is 0 Å². The lowest BCUT2D eigenvalue weighted by Crippen LogP contribution is -2.05. The Morgan fingerprint density at radius 2 is 1.82 bits per heavy atom. The average Bonchev–Trinajstić information content (AvgIpc) is 3.14. The Balaban J connectivity index is 1.76. The number of methoxy groups -OCH3 is 1. The molecule has 0 aliphatic carbocycles. The first-order chi connectivity index (χ1) is 13.3. The molecule has 0 saturated heterocycles. The zero-order valence-corrected chi connectivity index (χ0v) is 16.8. The topological polar surface area (TPSA) is 98.5 Å². The summed E-state index contributed by atoms with van der Waals surface area (Å²) in [7, 11) is -2.09. The molecule has 0 fully saturated rings. The van der Waals surface area contributed by atoms with E-state index in [1.165, 1.54) is 18.2 Å². The van der Waals surface area contributed by atoms with Gasteiger partial charge in [-0.25, -0.2) is 8.42 Å². The van der Waals surface area contributed by atoms with Crippen LogP contribution in [0.15, 0.2) is 58.8 Å². The Labute approximate surface area is 166 Å². The maximum Gasteiger partial charge on any atom is 0.288 e. The fraction of sp³-hybridized carbons (Fsp3) is 0.158. The summed E-state index contributed by atoms with van der Waals surface area (Å²) < 4.78 is 28.9. The molecule has 0 radical (unpaired) electrons. The van der Waals surface area contributed by atoms with Crippen LogP contribution < -0.4 is 10.1 Å². The van der Waals surface area contributed by atoms with E-state index in [9.17, 15) is 18.5 Å². The molecule has 0 aliphatic rings. The van der Waals surface area contributed by atoms with Crippen molar-refractivity contribution in [2.75, 3.05) is 18.7 Å². The van der Waals surface area contributed by atoms with Crippen LogP contribution in [0.25, 0.3) is 11.1 Å². The van der Waals surface area contributed by atoms with E-state index in [2.05, 4.69) is 5.32 Å². The number of sulfone groups is 1. The van der Waals surface area contributed by atoms with Crippen LogP contribution >= 0.6 is 11.3 Å². The summed E-state index contributed by atoms with van der Waals surface area (Å²) in [5.41, 5.74) is 2.22. The van der Waals surface area contributed by atoms with Crippen molar-refractivity contribution in [2.45, 2.75) is 11.4 Å². The minimum absolute atomic E-state index is 0.299. The molecule has 28 heavy (non-hydrogen) atoms. The number of nitro benzene ring substituents is 1. The van der Waals surface area contributed by atoms with Crippen LogP contribution in [0.3, 0.4) is 0 Å². The molecule has 1 aromatic heterocycles. The van der Waals surface area contributed by atoms with Crippen LogP contribution in [0, 0.1) is 10.1 Å². The van der Waals surface area contributed by atoms with Crippen LogP contribution in [0.5, 0.6) is 5.75 Å². The normalized spacial score (nSPS) is 11.2. The molecular formula is C19H18N2O5S2. The van der Waals surface area contributed by atoms with Gasteiger partial charge in [-0.2, -0.15) is 0 Å². The number of nitro groups is 1. The van der Waals surface area contributed by atoms with Crippen LogP contribution in [-0.2, 0) is 16.4 Å². The first kappa shape index (κ1) is 19.8. The largest absolute Gasteiger partial charge is 0.497 e. The highest BCUT2D eigenvalue weighted by atomic mass is 32.2. The third-order valence-electron chi connectivity index (χ3n) is 4.10. The standard InChI is InChI=1S/C19H18N2O5S2/c1-26-16-6-3-13(4-7-16)14-9-17(27-12-14)11-20-15-5-8-18(21(22)23)19(10-15)28(2,24)25/h3-10,12,20H,11H2,1-2H3. The molecule has 3 aromatic rings. The molecule has 0 unspecified atom stereocenters. The molecule has 2 aromatic carbocycles. The van der Waals surface area contributed by atoms with E-state index >= 15 is 0 Å². The van der Waals surface area contributed by atoms with E-state index in [-0.39, 0.29) is 4.90 Å². The maximum absolute atomic E-state index is 11.9. The van der Waals surface area contributed by atoms with E-state index in [1.807, 2.05) is 35.7 Å². The lowest BCUT2D eigenvalue weighted by molar-refractivity contribution is -0.387. The highest BCUT2D eigenvalue weighted by Gasteiger charge is 2.22. The number of thiophene rings is 1. The van der Waals surface area contributed by atoms with Gasteiger partial charge in [-0.3, -0.25) is 10.1 Å². The molecule has 0 atom stereocenters. The summed E-state index contributed by atoms with van der Waals surface area (Å²) in [5, 5.41) is 16.2. The van der Waals surface area contributed by atoms with Crippen LogP contribution in [-0.4, -0.2) is 26.7 Å². The third kappa shape index (κ3) is 4.49. The predicted molar refractivity (Wildman–Crippen MR) is 110 cm³/mol. The van der Waals surface area contributed by atoms with Gasteiger partial charge in [-0.1, -0.05) is 12.1 Å². The Morgan fingerprint density at radius 3 is 2.43 bits per heavy atom. The second kappa shape index (κ2) is 7.99. The Bertz CT molecular complexity index is 1110. The summed E-state index contributed by atoms with van der Waals surface area (Å²) in [4.78, 5) is 11.1. The van der Waals surface area contributed by atoms with Gasteiger partial charge < -0.3 is 10.1 Å². The Kier molecular flexibility index (Phi) is 5.66. The molecule has 1 N–H and O–H groups in total. The number of ether oxygens (including phenoxy) is 1. The number of nitrogens with zero attached hydrogens (tertiary/aromatic N) is 1. The first-order valence-electron chi connectivity index (χ1n) is 8.22. The van der Waals surface area contributed by atoms with E-state index in [0.717, 1.165) is 28.0 Å². The molecule has 0 bridgehead atoms. The Hall–Kier alpha value is -2.91. The van der Waals surface area contributed by atoms with Crippen molar-refractivity contribution in [1.29, 1.82) is 0 Å². The van der Waals surface area contributed by atoms with Crippen LogP contribution in [0.1, 0.15) is 4.88 Å². The fourth-order valence-electron chi connectivity index (χ4n) is 2.67. The molecule has 1 heterocycles. The smallest absolute Gasteiger partial charge is 0.288 e. The summed E-state index contributed by atoms with van der Waals surface area (Å²) in [5.74, 6) is 0.792. The number of anilines is 1. The van der Waals surface area contributed by atoms with E-state index in [0.29, 0.717) is 12.2 Å². The van der Waals surface area contributed by atoms with Crippen molar-refractivity contribution < 1.29 is 18.1 Å². The monoisotopic (exact) mass is 418 g/mol. The molecular weight excluding hydrogens is 400 g/mol. The average molecular weight is 418 g/mol. The Morgan fingerprint density at radius 1 is 1.11 bits per heavy atom. The zero-order chi connectivity index (χ0) is 20.3. The SMILES string of the molecule is COc1ccc(-c2csc(CNc3ccc([N+](=O)[O-])c(S(C)(=O)=O)c3)c2)cc1. The van der Waals surface area contributed by atoms with Gasteiger partial charge in [-0.15, -0.1) is 11.3 Å². The van der Waals surface area contributed by atoms with Crippen molar-refractivity contribution in [2.24, 2.45) is 0 Å². The lowest BCUT2D eigenvalue weighted by atomic mass is 10.1. The highest BCUT2D eigenvalue weighted by molar-refractivity contribution is 7.90. The molecule has 146 valence electrons. The van der Waals surface area contributed by atoms with Crippen molar-refractivity contribution in [3.63, 3.8) is 0 Å². The van der Waals surface area contributed by atoms with Crippen molar-refractivity contribution in [1.82, 2.24) is 0 Å². The third-order valence-corrected chi connectivity index (χ3v) is 6.16. The predicted octanol–water partition coefficient (Wildman–Crippen LogP) is 4.35. The minimum Gasteiger partial charge on any atom is -0.497 e. The molecule has 0 amide bonds. The number of hydrogen-bond donors (Lipinski definition) is 1. The van der Waals surface area contributed by atoms with Gasteiger partial charge in [0.1, 0.15) is 10.6 Å². The summed E-state index contributed by atoms with van der Waals surface area (Å²) in [6.07, 6.45) is 0.958. The number of rotatable bonds is 7. The number of nitrogens with one attached hydrogen (secondary N) is 1. The van der Waals surface area contributed by atoms with Crippen LogP contribution in [0.2, 0.25) is 0 Å². The van der Waals surface area contributed by atoms with Gasteiger partial charge in [-0.05, 0) is 46.8 Å². The van der Waals surface area contributed by atoms with Gasteiger partial charge in [0, 0.05) is 29.4 Å². The zero-order valence-electron chi connectivity index (χ0n) is 15.2. The van der Waals surface area contributed by atoms with Crippen molar-refractivity contribution in [3.05, 3.63) is 68.9 Å². The van der Waals surface area contributed by atoms with Crippen molar-refractivity contribution in [3.8, 4) is 16.9 Å². The van der Waals surface area contributed by atoms with E-state index in [1.54, 1.807) is 18.4 Å². The fourth-order valence-corrected chi connectivity index (χ4v) is 4.37. The molecule has 9 heteroatoms. The molecule has 7 nitrogen and oxygen atoms in total. The van der Waals surface area contributed by atoms with E-state index < -0.39 is 20.4 Å².